The molecule has 0 aliphatic carbocycles. The van der Waals surface area contributed by atoms with E-state index in [2.05, 4.69) is 15.0 Å². The molecule has 1 heterocycles. The predicted octanol–water partition coefficient (Wildman–Crippen LogP) is 3.79. The fourth-order valence-corrected chi connectivity index (χ4v) is 2.61. The fourth-order valence-electron chi connectivity index (χ4n) is 2.61. The lowest BCUT2D eigenvalue weighted by Crippen LogP contribution is -2.35. The van der Waals surface area contributed by atoms with Crippen LogP contribution in [-0.4, -0.2) is 36.8 Å². The van der Waals surface area contributed by atoms with Gasteiger partial charge in [0, 0.05) is 5.69 Å². The summed E-state index contributed by atoms with van der Waals surface area (Å²) in [6.45, 7) is 2.12. The van der Waals surface area contributed by atoms with E-state index in [0.29, 0.717) is 12.2 Å². The Morgan fingerprint density at radius 2 is 1.61 bits per heavy atom. The summed E-state index contributed by atoms with van der Waals surface area (Å²) in [6, 6.07) is 5.15. The van der Waals surface area contributed by atoms with Crippen LogP contribution in [0.5, 0.6) is 5.75 Å². The molecule has 1 fully saturated rings. The number of likely N-dealkylation sites (tertiary alicyclic amines) is 1. The van der Waals surface area contributed by atoms with Crippen molar-refractivity contribution in [2.75, 3.05) is 25.0 Å². The van der Waals surface area contributed by atoms with Crippen molar-refractivity contribution in [3.8, 4) is 5.75 Å². The number of rotatable bonds is 4. The van der Waals surface area contributed by atoms with Crippen LogP contribution in [0.1, 0.15) is 32.1 Å². The molecule has 0 spiro atoms. The predicted molar refractivity (Wildman–Crippen MR) is 81.3 cm³/mol. The zero-order valence-electron chi connectivity index (χ0n) is 12.9. The van der Waals surface area contributed by atoms with Crippen LogP contribution in [-0.2, 0) is 4.79 Å². The van der Waals surface area contributed by atoms with E-state index in [4.69, 9.17) is 0 Å². The molecule has 1 aliphatic rings. The first-order valence-electron chi connectivity index (χ1n) is 7.80. The first kappa shape index (κ1) is 17.6. The minimum Gasteiger partial charge on any atom is -0.406 e. The first-order chi connectivity index (χ1) is 10.9. The maximum Gasteiger partial charge on any atom is 0.573 e. The standard InChI is InChI=1S/C16H21F3N2O2/c17-16(18,19)23-14-8-6-13(7-9-14)20-15(22)12-21-10-4-2-1-3-5-11-21/h6-9H,1-5,10-12H2,(H,20,22). The molecule has 1 saturated heterocycles. The van der Waals surface area contributed by atoms with E-state index in [-0.39, 0.29) is 11.7 Å². The SMILES string of the molecule is O=C(CN1CCCCCCC1)Nc1ccc(OC(F)(F)F)cc1. The zero-order valence-corrected chi connectivity index (χ0v) is 12.9. The molecule has 2 rings (SSSR count). The summed E-state index contributed by atoms with van der Waals surface area (Å²) in [7, 11) is 0. The van der Waals surface area contributed by atoms with Gasteiger partial charge in [-0.2, -0.15) is 0 Å². The number of carbonyl (C=O) groups is 1. The average molecular weight is 330 g/mol. The second kappa shape index (κ2) is 8.19. The minimum absolute atomic E-state index is 0.157. The zero-order chi connectivity index (χ0) is 16.7. The van der Waals surface area contributed by atoms with Gasteiger partial charge in [0.25, 0.3) is 0 Å². The van der Waals surface area contributed by atoms with E-state index >= 15 is 0 Å². The Hall–Kier alpha value is -1.76. The molecule has 7 heteroatoms. The average Bonchev–Trinajstić information content (AvgIpc) is 2.42. The van der Waals surface area contributed by atoms with Gasteiger partial charge in [0.15, 0.2) is 0 Å². The molecule has 1 aliphatic heterocycles. The number of anilines is 1. The number of benzene rings is 1. The van der Waals surface area contributed by atoms with E-state index in [0.717, 1.165) is 25.9 Å². The molecular formula is C16H21F3N2O2. The van der Waals surface area contributed by atoms with E-state index in [9.17, 15) is 18.0 Å². The van der Waals surface area contributed by atoms with Crippen LogP contribution in [0.2, 0.25) is 0 Å². The van der Waals surface area contributed by atoms with Gasteiger partial charge in [-0.25, -0.2) is 0 Å². The molecule has 1 aromatic rings. The third-order valence-corrected chi connectivity index (χ3v) is 3.69. The Labute approximate surface area is 133 Å². The number of amides is 1. The number of halogens is 3. The van der Waals surface area contributed by atoms with Crippen LogP contribution in [0.25, 0.3) is 0 Å². The van der Waals surface area contributed by atoms with Gasteiger partial charge < -0.3 is 10.1 Å². The normalized spacial score (nSPS) is 17.2. The summed E-state index contributed by atoms with van der Waals surface area (Å²) in [5, 5.41) is 2.70. The molecule has 0 radical (unpaired) electrons. The van der Waals surface area contributed by atoms with Gasteiger partial charge in [-0.1, -0.05) is 19.3 Å². The number of hydrogen-bond donors (Lipinski definition) is 1. The number of hydrogen-bond acceptors (Lipinski definition) is 3. The van der Waals surface area contributed by atoms with Gasteiger partial charge in [-0.15, -0.1) is 13.2 Å². The summed E-state index contributed by atoms with van der Waals surface area (Å²) in [5.74, 6) is -0.464. The molecule has 0 bridgehead atoms. The largest absolute Gasteiger partial charge is 0.573 e. The molecule has 1 amide bonds. The van der Waals surface area contributed by atoms with E-state index < -0.39 is 6.36 Å². The van der Waals surface area contributed by atoms with Crippen molar-refractivity contribution in [3.05, 3.63) is 24.3 Å². The third-order valence-electron chi connectivity index (χ3n) is 3.69. The van der Waals surface area contributed by atoms with Crippen molar-refractivity contribution < 1.29 is 22.7 Å². The van der Waals surface area contributed by atoms with Crippen LogP contribution in [0.15, 0.2) is 24.3 Å². The molecule has 4 nitrogen and oxygen atoms in total. The fraction of sp³-hybridized carbons (Fsp3) is 0.562. The number of carbonyl (C=O) groups excluding carboxylic acids is 1. The Morgan fingerprint density at radius 3 is 2.17 bits per heavy atom. The molecule has 1 N–H and O–H groups in total. The van der Waals surface area contributed by atoms with Gasteiger partial charge in [0.1, 0.15) is 5.75 Å². The summed E-state index contributed by atoms with van der Waals surface area (Å²) in [4.78, 5) is 14.1. The highest BCUT2D eigenvalue weighted by Gasteiger charge is 2.30. The van der Waals surface area contributed by atoms with Crippen LogP contribution in [0, 0.1) is 0 Å². The molecule has 0 unspecified atom stereocenters. The van der Waals surface area contributed by atoms with Crippen molar-refractivity contribution in [2.24, 2.45) is 0 Å². The van der Waals surface area contributed by atoms with Crippen molar-refractivity contribution in [3.63, 3.8) is 0 Å². The topological polar surface area (TPSA) is 41.6 Å². The van der Waals surface area contributed by atoms with Gasteiger partial charge in [0.05, 0.1) is 6.54 Å². The summed E-state index contributed by atoms with van der Waals surface area (Å²) >= 11 is 0. The van der Waals surface area contributed by atoms with Crippen LogP contribution >= 0.6 is 0 Å². The molecule has 0 saturated carbocycles. The second-order valence-electron chi connectivity index (χ2n) is 5.66. The number of alkyl halides is 3. The molecule has 1 aromatic carbocycles. The highest BCUT2D eigenvalue weighted by atomic mass is 19.4. The Kier molecular flexibility index (Phi) is 6.27. The van der Waals surface area contributed by atoms with Crippen LogP contribution in [0.3, 0.4) is 0 Å². The molecule has 0 aromatic heterocycles. The molecular weight excluding hydrogens is 309 g/mol. The van der Waals surface area contributed by atoms with Crippen molar-refractivity contribution in [1.82, 2.24) is 4.90 Å². The molecule has 23 heavy (non-hydrogen) atoms. The Bertz CT molecular complexity index is 495. The maximum atomic E-state index is 12.1. The van der Waals surface area contributed by atoms with Gasteiger partial charge in [0.2, 0.25) is 5.91 Å². The lowest BCUT2D eigenvalue weighted by Gasteiger charge is -2.23. The highest BCUT2D eigenvalue weighted by molar-refractivity contribution is 5.92. The van der Waals surface area contributed by atoms with Crippen molar-refractivity contribution in [2.45, 2.75) is 38.5 Å². The van der Waals surface area contributed by atoms with Crippen LogP contribution < -0.4 is 10.1 Å². The maximum absolute atomic E-state index is 12.1. The smallest absolute Gasteiger partial charge is 0.406 e. The van der Waals surface area contributed by atoms with Gasteiger partial charge >= 0.3 is 6.36 Å². The third kappa shape index (κ3) is 6.90. The summed E-state index contributed by atoms with van der Waals surface area (Å²) in [6.07, 6.45) is 1.12. The van der Waals surface area contributed by atoms with Crippen molar-refractivity contribution >= 4 is 11.6 Å². The first-order valence-corrected chi connectivity index (χ1v) is 7.80. The van der Waals surface area contributed by atoms with E-state index in [1.165, 1.54) is 43.5 Å². The summed E-state index contributed by atoms with van der Waals surface area (Å²) in [5.41, 5.74) is 0.455. The second-order valence-corrected chi connectivity index (χ2v) is 5.66. The Balaban J connectivity index is 1.82. The minimum atomic E-state index is -4.71. The number of nitrogens with zero attached hydrogens (tertiary/aromatic N) is 1. The molecule has 128 valence electrons. The van der Waals surface area contributed by atoms with E-state index in [1.54, 1.807) is 0 Å². The lowest BCUT2D eigenvalue weighted by atomic mass is 10.1. The lowest BCUT2D eigenvalue weighted by molar-refractivity contribution is -0.274. The van der Waals surface area contributed by atoms with Crippen LogP contribution in [0.4, 0.5) is 18.9 Å². The van der Waals surface area contributed by atoms with Crippen molar-refractivity contribution in [1.29, 1.82) is 0 Å². The Morgan fingerprint density at radius 1 is 1.04 bits per heavy atom. The number of nitrogens with one attached hydrogen (secondary N) is 1. The molecule has 0 atom stereocenters. The monoisotopic (exact) mass is 330 g/mol. The highest BCUT2D eigenvalue weighted by Crippen LogP contribution is 2.23. The summed E-state index contributed by atoms with van der Waals surface area (Å²) < 4.78 is 40.0. The number of ether oxygens (including phenoxy) is 1. The quantitative estimate of drug-likeness (QED) is 0.913. The van der Waals surface area contributed by atoms with E-state index in [1.807, 2.05) is 0 Å². The van der Waals surface area contributed by atoms with Gasteiger partial charge in [-0.05, 0) is 50.2 Å². The van der Waals surface area contributed by atoms with Gasteiger partial charge in [-0.3, -0.25) is 9.69 Å².